The van der Waals surface area contributed by atoms with Crippen LogP contribution in [0.25, 0.3) is 5.70 Å². The highest BCUT2D eigenvalue weighted by Gasteiger charge is 2.45. The zero-order chi connectivity index (χ0) is 28.6. The van der Waals surface area contributed by atoms with Crippen molar-refractivity contribution in [3.05, 3.63) is 88.9 Å². The third-order valence-electron chi connectivity index (χ3n) is 7.65. The number of nitrogens with two attached hydrogens (primary N) is 1. The second-order valence-corrected chi connectivity index (χ2v) is 10.1. The minimum Gasteiger partial charge on any atom is -0.382 e. The average molecular weight is 556 g/mol. The first kappa shape index (κ1) is 27.7. The van der Waals surface area contributed by atoms with E-state index in [1.54, 1.807) is 17.2 Å². The molecule has 3 aliphatic rings. The molecule has 8 nitrogen and oxygen atoms in total. The first-order valence-electron chi connectivity index (χ1n) is 13.0. The molecule has 1 amide bonds. The summed E-state index contributed by atoms with van der Waals surface area (Å²) < 4.78 is 50.9. The largest absolute Gasteiger partial charge is 0.416 e. The van der Waals surface area contributed by atoms with Gasteiger partial charge in [-0.25, -0.2) is 4.99 Å². The van der Waals surface area contributed by atoms with Crippen LogP contribution in [0.4, 0.5) is 13.2 Å². The molecule has 0 spiro atoms. The molecule has 0 radical (unpaired) electrons. The maximum atomic E-state index is 13.3. The van der Waals surface area contributed by atoms with E-state index in [2.05, 4.69) is 9.89 Å². The van der Waals surface area contributed by atoms with E-state index in [0.29, 0.717) is 31.1 Å². The lowest BCUT2D eigenvalue weighted by molar-refractivity contribution is -0.146. The second-order valence-electron chi connectivity index (χ2n) is 10.1. The number of ether oxygens (including phenoxy) is 2. The number of rotatable bonds is 6. The van der Waals surface area contributed by atoms with Crippen molar-refractivity contribution in [2.45, 2.75) is 31.3 Å². The summed E-state index contributed by atoms with van der Waals surface area (Å²) in [6.45, 7) is 3.19. The molecule has 2 aromatic rings. The summed E-state index contributed by atoms with van der Waals surface area (Å²) in [4.78, 5) is 22.7. The van der Waals surface area contributed by atoms with Gasteiger partial charge in [0.25, 0.3) is 0 Å². The maximum Gasteiger partial charge on any atom is 0.416 e. The summed E-state index contributed by atoms with van der Waals surface area (Å²) in [7, 11) is 3.44. The van der Waals surface area contributed by atoms with Crippen LogP contribution in [0.2, 0.25) is 0 Å². The zero-order valence-electron chi connectivity index (χ0n) is 22.6. The number of benzene rings is 2. The molecule has 0 bridgehead atoms. The number of aliphatic imine (C=N–C) groups is 1. The number of halogens is 3. The van der Waals surface area contributed by atoms with Gasteiger partial charge in [0.2, 0.25) is 5.91 Å². The van der Waals surface area contributed by atoms with E-state index in [1.165, 1.54) is 19.2 Å². The Labute approximate surface area is 231 Å². The quantitative estimate of drug-likeness (QED) is 0.584. The van der Waals surface area contributed by atoms with Crippen molar-refractivity contribution >= 4 is 17.4 Å². The predicted molar refractivity (Wildman–Crippen MR) is 145 cm³/mol. The van der Waals surface area contributed by atoms with Crippen LogP contribution in [0.15, 0.2) is 71.6 Å². The standard InChI is InChI=1S/C29H32F3N5O3/c1-18(21-5-4-6-22(15-21)29(30,31)32)19-7-9-20(10-8-19)25-26-27(33)34-11-12-37(26)28(35(25)2)23-16-36(13-14-40-23)24(38)17-39-3/h4-12,15,18,23,28H,13-14,16-17H2,1-3H3,(H2,33,34)/t18-,23?,28?/m0/s1. The first-order chi connectivity index (χ1) is 19.1. The lowest BCUT2D eigenvalue weighted by Crippen LogP contribution is -2.57. The third-order valence-corrected chi connectivity index (χ3v) is 7.65. The van der Waals surface area contributed by atoms with E-state index in [-0.39, 0.29) is 30.7 Å². The van der Waals surface area contributed by atoms with Crippen molar-refractivity contribution in [2.75, 3.05) is 40.5 Å². The van der Waals surface area contributed by atoms with Crippen molar-refractivity contribution in [1.29, 1.82) is 0 Å². The van der Waals surface area contributed by atoms with E-state index in [1.807, 2.05) is 49.3 Å². The van der Waals surface area contributed by atoms with Crippen LogP contribution >= 0.6 is 0 Å². The highest BCUT2D eigenvalue weighted by atomic mass is 19.4. The van der Waals surface area contributed by atoms with Gasteiger partial charge in [-0.3, -0.25) is 4.79 Å². The van der Waals surface area contributed by atoms with Crippen molar-refractivity contribution in [1.82, 2.24) is 14.7 Å². The second kappa shape index (κ2) is 11.0. The smallest absolute Gasteiger partial charge is 0.382 e. The fourth-order valence-electron chi connectivity index (χ4n) is 5.58. The summed E-state index contributed by atoms with van der Waals surface area (Å²) in [5.74, 6) is 0.0250. The van der Waals surface area contributed by atoms with Gasteiger partial charge in [0.1, 0.15) is 30.4 Å². The number of likely N-dealkylation sites (N-methyl/N-ethyl adjacent to an activating group) is 1. The molecule has 11 heteroatoms. The fraction of sp³-hybridized carbons (Fsp3) is 0.379. The molecular weight excluding hydrogens is 523 g/mol. The molecule has 3 atom stereocenters. The van der Waals surface area contributed by atoms with E-state index in [4.69, 9.17) is 15.2 Å². The maximum absolute atomic E-state index is 13.3. The number of carbonyl (C=O) groups is 1. The monoisotopic (exact) mass is 555 g/mol. The summed E-state index contributed by atoms with van der Waals surface area (Å²) in [6, 6.07) is 13.2. The molecular formula is C29H32F3N5O3. The zero-order valence-corrected chi connectivity index (χ0v) is 22.6. The number of amidine groups is 1. The number of amides is 1. The minimum absolute atomic E-state index is 0.0104. The van der Waals surface area contributed by atoms with Gasteiger partial charge < -0.3 is 29.9 Å². The van der Waals surface area contributed by atoms with Crippen LogP contribution in [-0.2, 0) is 20.4 Å². The molecule has 1 fully saturated rings. The van der Waals surface area contributed by atoms with Crippen LogP contribution in [-0.4, -0.2) is 79.2 Å². The molecule has 5 rings (SSSR count). The molecule has 3 aliphatic heterocycles. The molecule has 3 heterocycles. The fourth-order valence-corrected chi connectivity index (χ4v) is 5.58. The van der Waals surface area contributed by atoms with Crippen molar-refractivity contribution in [3.63, 3.8) is 0 Å². The average Bonchev–Trinajstić information content (AvgIpc) is 3.25. The van der Waals surface area contributed by atoms with Gasteiger partial charge in [-0.1, -0.05) is 49.4 Å². The summed E-state index contributed by atoms with van der Waals surface area (Å²) >= 11 is 0. The number of morpholine rings is 1. The Kier molecular flexibility index (Phi) is 7.61. The van der Waals surface area contributed by atoms with Gasteiger partial charge in [-0.05, 0) is 17.2 Å². The normalized spacial score (nSPS) is 21.9. The van der Waals surface area contributed by atoms with Crippen LogP contribution in [0, 0.1) is 0 Å². The van der Waals surface area contributed by atoms with Gasteiger partial charge in [0, 0.05) is 44.6 Å². The van der Waals surface area contributed by atoms with E-state index in [0.717, 1.165) is 28.6 Å². The van der Waals surface area contributed by atoms with Crippen molar-refractivity contribution in [3.8, 4) is 0 Å². The molecule has 212 valence electrons. The number of hydrogen-bond donors (Lipinski definition) is 1. The van der Waals surface area contributed by atoms with Crippen molar-refractivity contribution in [2.24, 2.45) is 10.7 Å². The highest BCUT2D eigenvalue weighted by molar-refractivity contribution is 6.05. The molecule has 0 aromatic heterocycles. The highest BCUT2D eigenvalue weighted by Crippen LogP contribution is 2.40. The number of hydrogen-bond acceptors (Lipinski definition) is 7. The lowest BCUT2D eigenvalue weighted by Gasteiger charge is -2.41. The summed E-state index contributed by atoms with van der Waals surface area (Å²) in [6.07, 6.45) is -1.52. The topological polar surface area (TPSA) is 83.6 Å². The van der Waals surface area contributed by atoms with Crippen LogP contribution in [0.1, 0.15) is 35.1 Å². The number of nitrogens with zero attached hydrogens (tertiary/aromatic N) is 4. The van der Waals surface area contributed by atoms with E-state index >= 15 is 0 Å². The molecule has 40 heavy (non-hydrogen) atoms. The summed E-state index contributed by atoms with van der Waals surface area (Å²) in [5.41, 5.74) is 9.65. The van der Waals surface area contributed by atoms with Gasteiger partial charge >= 0.3 is 6.18 Å². The first-order valence-corrected chi connectivity index (χ1v) is 13.0. The van der Waals surface area contributed by atoms with E-state index < -0.39 is 11.7 Å². The Hall–Kier alpha value is -3.83. The number of carbonyl (C=O) groups excluding carboxylic acids is 1. The Morgan fingerprint density at radius 3 is 2.62 bits per heavy atom. The van der Waals surface area contributed by atoms with Gasteiger partial charge in [-0.15, -0.1) is 0 Å². The molecule has 2 N–H and O–H groups in total. The minimum atomic E-state index is -4.39. The van der Waals surface area contributed by atoms with E-state index in [9.17, 15) is 18.0 Å². The predicted octanol–water partition coefficient (Wildman–Crippen LogP) is 3.82. The Bertz CT molecular complexity index is 1360. The number of methoxy groups -OCH3 is 1. The molecule has 0 saturated carbocycles. The molecule has 2 aromatic carbocycles. The van der Waals surface area contributed by atoms with Crippen LogP contribution < -0.4 is 5.73 Å². The molecule has 0 aliphatic carbocycles. The Morgan fingerprint density at radius 1 is 1.18 bits per heavy atom. The third kappa shape index (κ3) is 5.18. The number of alkyl halides is 3. The van der Waals surface area contributed by atoms with Gasteiger partial charge in [-0.2, -0.15) is 13.2 Å². The van der Waals surface area contributed by atoms with Crippen LogP contribution in [0.3, 0.4) is 0 Å². The SMILES string of the molecule is COCC(=O)N1CCOC(C2N(C)C(c3ccc([C@H](C)c4cccc(C(F)(F)F)c4)cc3)=C3C(N)=NC=CN32)C1. The Balaban J connectivity index is 1.42. The lowest BCUT2D eigenvalue weighted by atomic mass is 9.91. The van der Waals surface area contributed by atoms with Crippen LogP contribution in [0.5, 0.6) is 0 Å². The molecule has 2 unspecified atom stereocenters. The Morgan fingerprint density at radius 2 is 1.93 bits per heavy atom. The van der Waals surface area contributed by atoms with Gasteiger partial charge in [0.15, 0.2) is 0 Å². The van der Waals surface area contributed by atoms with Gasteiger partial charge in [0.05, 0.1) is 24.4 Å². The molecule has 1 saturated heterocycles. The van der Waals surface area contributed by atoms with Crippen molar-refractivity contribution < 1.29 is 27.4 Å². The summed E-state index contributed by atoms with van der Waals surface area (Å²) in [5, 5.41) is 0. The number of fused-ring (bicyclic) bond motifs is 1.